The number of amides is 1. The van der Waals surface area contributed by atoms with Gasteiger partial charge in [-0.15, -0.1) is 0 Å². The smallest absolute Gasteiger partial charge is 0.255 e. The zero-order chi connectivity index (χ0) is 19.1. The topological polar surface area (TPSA) is 72.5 Å². The molecule has 1 aromatic heterocycles. The lowest BCUT2D eigenvalue weighted by atomic mass is 10.2. The molecule has 2 aromatic carbocycles. The van der Waals surface area contributed by atoms with Gasteiger partial charge in [-0.25, -0.2) is 4.98 Å². The number of aromatic nitrogens is 1. The summed E-state index contributed by atoms with van der Waals surface area (Å²) in [6.07, 6.45) is 1.60. The van der Waals surface area contributed by atoms with Crippen LogP contribution in [0.25, 0.3) is 0 Å². The predicted molar refractivity (Wildman–Crippen MR) is 106 cm³/mol. The van der Waals surface area contributed by atoms with Gasteiger partial charge < -0.3 is 20.1 Å². The van der Waals surface area contributed by atoms with Crippen LogP contribution in [0.3, 0.4) is 0 Å². The molecule has 6 heteroatoms. The average Bonchev–Trinajstić information content (AvgIpc) is 2.73. The van der Waals surface area contributed by atoms with Crippen LogP contribution in [0.1, 0.15) is 15.9 Å². The number of nitrogens with one attached hydrogen (secondary N) is 2. The van der Waals surface area contributed by atoms with Gasteiger partial charge in [0.2, 0.25) is 0 Å². The van der Waals surface area contributed by atoms with E-state index >= 15 is 0 Å². The van der Waals surface area contributed by atoms with E-state index in [1.165, 1.54) is 0 Å². The highest BCUT2D eigenvalue weighted by Gasteiger charge is 2.11. The van der Waals surface area contributed by atoms with Crippen molar-refractivity contribution in [1.29, 1.82) is 0 Å². The van der Waals surface area contributed by atoms with Gasteiger partial charge in [0, 0.05) is 24.4 Å². The molecule has 0 bridgehead atoms. The van der Waals surface area contributed by atoms with Gasteiger partial charge in [-0.2, -0.15) is 0 Å². The molecule has 3 rings (SSSR count). The zero-order valence-corrected chi connectivity index (χ0v) is 15.2. The number of ether oxygens (including phenoxy) is 2. The summed E-state index contributed by atoms with van der Waals surface area (Å²) in [5.74, 6) is 1.57. The summed E-state index contributed by atoms with van der Waals surface area (Å²) >= 11 is 0. The number of hydrogen-bond acceptors (Lipinski definition) is 5. The summed E-state index contributed by atoms with van der Waals surface area (Å²) in [4.78, 5) is 16.9. The molecule has 2 N–H and O–H groups in total. The fourth-order valence-corrected chi connectivity index (χ4v) is 2.55. The third-order valence-corrected chi connectivity index (χ3v) is 4.00. The van der Waals surface area contributed by atoms with Crippen LogP contribution >= 0.6 is 0 Å². The van der Waals surface area contributed by atoms with Crippen molar-refractivity contribution in [3.8, 4) is 11.5 Å². The number of anilines is 2. The zero-order valence-electron chi connectivity index (χ0n) is 15.2. The second-order valence-corrected chi connectivity index (χ2v) is 5.79. The molecule has 0 aliphatic carbocycles. The van der Waals surface area contributed by atoms with Crippen LogP contribution in [0, 0.1) is 0 Å². The highest BCUT2D eigenvalue weighted by Crippen LogP contribution is 2.29. The van der Waals surface area contributed by atoms with Gasteiger partial charge in [0.05, 0.1) is 19.9 Å². The SMILES string of the molecule is COc1ccc(NC(=O)c2ccnc(NCc3ccccc3)c2)c(OC)c1. The van der Waals surface area contributed by atoms with E-state index in [0.29, 0.717) is 35.1 Å². The monoisotopic (exact) mass is 363 g/mol. The number of carbonyl (C=O) groups is 1. The molecule has 0 spiro atoms. The van der Waals surface area contributed by atoms with Crippen LogP contribution in [-0.4, -0.2) is 25.1 Å². The van der Waals surface area contributed by atoms with E-state index in [9.17, 15) is 4.79 Å². The first-order valence-corrected chi connectivity index (χ1v) is 8.47. The summed E-state index contributed by atoms with van der Waals surface area (Å²) in [6.45, 7) is 0.630. The molecule has 1 heterocycles. The first kappa shape index (κ1) is 18.3. The molecule has 138 valence electrons. The van der Waals surface area contributed by atoms with Gasteiger partial charge in [0.15, 0.2) is 0 Å². The molecule has 6 nitrogen and oxygen atoms in total. The van der Waals surface area contributed by atoms with Crippen molar-refractivity contribution in [1.82, 2.24) is 4.98 Å². The Morgan fingerprint density at radius 1 is 1.00 bits per heavy atom. The Labute approximate surface area is 158 Å². The van der Waals surface area contributed by atoms with Crippen LogP contribution in [0.4, 0.5) is 11.5 Å². The van der Waals surface area contributed by atoms with Crippen LogP contribution in [-0.2, 0) is 6.54 Å². The van der Waals surface area contributed by atoms with Crippen molar-refractivity contribution in [3.05, 3.63) is 78.0 Å². The lowest BCUT2D eigenvalue weighted by Gasteiger charge is -2.12. The number of methoxy groups -OCH3 is 2. The minimum absolute atomic E-state index is 0.247. The summed E-state index contributed by atoms with van der Waals surface area (Å²) in [7, 11) is 3.12. The highest BCUT2D eigenvalue weighted by atomic mass is 16.5. The Balaban J connectivity index is 1.70. The maximum atomic E-state index is 12.6. The van der Waals surface area contributed by atoms with Crippen molar-refractivity contribution in [2.45, 2.75) is 6.54 Å². The normalized spacial score (nSPS) is 10.1. The molecule has 0 atom stereocenters. The van der Waals surface area contributed by atoms with Crippen LogP contribution in [0.5, 0.6) is 11.5 Å². The van der Waals surface area contributed by atoms with Crippen molar-refractivity contribution in [3.63, 3.8) is 0 Å². The number of nitrogens with zero attached hydrogens (tertiary/aromatic N) is 1. The summed E-state index contributed by atoms with van der Waals surface area (Å²) in [5.41, 5.74) is 2.20. The molecule has 0 fully saturated rings. The van der Waals surface area contributed by atoms with Crippen LogP contribution < -0.4 is 20.1 Å². The fourth-order valence-electron chi connectivity index (χ4n) is 2.55. The number of rotatable bonds is 7. The fraction of sp³-hybridized carbons (Fsp3) is 0.143. The molecule has 0 saturated heterocycles. The molecule has 0 aliphatic heterocycles. The Morgan fingerprint density at radius 3 is 2.56 bits per heavy atom. The second kappa shape index (κ2) is 8.71. The van der Waals surface area contributed by atoms with Crippen LogP contribution in [0.2, 0.25) is 0 Å². The number of hydrogen-bond donors (Lipinski definition) is 2. The first-order chi connectivity index (χ1) is 13.2. The molecule has 0 radical (unpaired) electrons. The molecule has 27 heavy (non-hydrogen) atoms. The van der Waals surface area contributed by atoms with Crippen molar-refractivity contribution in [2.75, 3.05) is 24.9 Å². The van der Waals surface area contributed by atoms with E-state index in [-0.39, 0.29) is 5.91 Å². The minimum Gasteiger partial charge on any atom is -0.497 e. The quantitative estimate of drug-likeness (QED) is 0.665. The number of carbonyl (C=O) groups excluding carboxylic acids is 1. The maximum absolute atomic E-state index is 12.6. The molecule has 0 saturated carbocycles. The summed E-state index contributed by atoms with van der Waals surface area (Å²) in [6, 6.07) is 18.6. The number of benzene rings is 2. The van der Waals surface area contributed by atoms with Gasteiger partial charge >= 0.3 is 0 Å². The van der Waals surface area contributed by atoms with Gasteiger partial charge in [-0.3, -0.25) is 4.79 Å². The van der Waals surface area contributed by atoms with E-state index in [0.717, 1.165) is 5.56 Å². The Kier molecular flexibility index (Phi) is 5.89. The van der Waals surface area contributed by atoms with E-state index in [1.54, 1.807) is 50.7 Å². The second-order valence-electron chi connectivity index (χ2n) is 5.79. The summed E-state index contributed by atoms with van der Waals surface area (Å²) in [5, 5.41) is 6.08. The van der Waals surface area contributed by atoms with Crippen molar-refractivity contribution in [2.24, 2.45) is 0 Å². The molecular weight excluding hydrogens is 342 g/mol. The third kappa shape index (κ3) is 4.76. The predicted octanol–water partition coefficient (Wildman–Crippen LogP) is 3.96. The lowest BCUT2D eigenvalue weighted by Crippen LogP contribution is -2.13. The van der Waals surface area contributed by atoms with E-state index in [1.807, 2.05) is 30.3 Å². The van der Waals surface area contributed by atoms with E-state index < -0.39 is 0 Å². The van der Waals surface area contributed by atoms with Gasteiger partial charge in [0.25, 0.3) is 5.91 Å². The van der Waals surface area contributed by atoms with E-state index in [2.05, 4.69) is 15.6 Å². The largest absolute Gasteiger partial charge is 0.497 e. The third-order valence-electron chi connectivity index (χ3n) is 4.00. The van der Waals surface area contributed by atoms with Gasteiger partial charge in [0.1, 0.15) is 17.3 Å². The van der Waals surface area contributed by atoms with Gasteiger partial charge in [-0.05, 0) is 29.8 Å². The molecule has 0 aliphatic rings. The van der Waals surface area contributed by atoms with E-state index in [4.69, 9.17) is 9.47 Å². The first-order valence-electron chi connectivity index (χ1n) is 8.47. The average molecular weight is 363 g/mol. The molecular formula is C21H21N3O3. The minimum atomic E-state index is -0.247. The Hall–Kier alpha value is -3.54. The summed E-state index contributed by atoms with van der Waals surface area (Å²) < 4.78 is 10.5. The van der Waals surface area contributed by atoms with Crippen LogP contribution in [0.15, 0.2) is 66.9 Å². The molecule has 3 aromatic rings. The highest BCUT2D eigenvalue weighted by molar-refractivity contribution is 6.05. The lowest BCUT2D eigenvalue weighted by molar-refractivity contribution is 0.102. The number of pyridine rings is 1. The molecule has 0 unspecified atom stereocenters. The Bertz CT molecular complexity index is 914. The molecule has 1 amide bonds. The van der Waals surface area contributed by atoms with Crippen molar-refractivity contribution < 1.29 is 14.3 Å². The Morgan fingerprint density at radius 2 is 1.81 bits per heavy atom. The standard InChI is InChI=1S/C21H21N3O3/c1-26-17-8-9-18(19(13-17)27-2)24-21(25)16-10-11-22-20(12-16)23-14-15-6-4-3-5-7-15/h3-13H,14H2,1-2H3,(H,22,23)(H,24,25). The van der Waals surface area contributed by atoms with Gasteiger partial charge in [-0.1, -0.05) is 30.3 Å². The van der Waals surface area contributed by atoms with Crippen molar-refractivity contribution >= 4 is 17.4 Å². The maximum Gasteiger partial charge on any atom is 0.255 e.